The summed E-state index contributed by atoms with van der Waals surface area (Å²) in [7, 11) is -3.54. The number of sulfonamides is 1. The molecule has 104 valence electrons. The zero-order valence-corrected chi connectivity index (χ0v) is 12.2. The number of hydrogen-bond acceptors (Lipinski definition) is 3. The predicted molar refractivity (Wildman–Crippen MR) is 77.0 cm³/mol. The molecule has 1 rings (SSSR count). The van der Waals surface area contributed by atoms with Crippen molar-refractivity contribution in [1.29, 1.82) is 0 Å². The van der Waals surface area contributed by atoms with Crippen molar-refractivity contribution in [3.05, 3.63) is 29.3 Å². The van der Waals surface area contributed by atoms with Crippen molar-refractivity contribution in [2.75, 3.05) is 13.1 Å². The minimum Gasteiger partial charge on any atom is -0.326 e. The van der Waals surface area contributed by atoms with Gasteiger partial charge in [0.15, 0.2) is 0 Å². The lowest BCUT2D eigenvalue weighted by molar-refractivity contribution is 0.464. The summed E-state index contributed by atoms with van der Waals surface area (Å²) in [6.45, 7) is 4.53. The van der Waals surface area contributed by atoms with E-state index in [1.807, 2.05) is 13.0 Å². The Morgan fingerprint density at radius 2 is 2.00 bits per heavy atom. The van der Waals surface area contributed by atoms with Crippen LogP contribution in [0.25, 0.3) is 0 Å². The molecule has 0 fully saturated rings. The second kappa shape index (κ2) is 6.71. The molecule has 0 aliphatic rings. The minimum atomic E-state index is -3.54. The summed E-state index contributed by atoms with van der Waals surface area (Å²) in [6.07, 6.45) is 6.03. The van der Waals surface area contributed by atoms with E-state index in [-0.39, 0.29) is 11.4 Å². The summed E-state index contributed by atoms with van der Waals surface area (Å²) >= 11 is 0. The summed E-state index contributed by atoms with van der Waals surface area (Å²) in [4.78, 5) is 0.252. The van der Waals surface area contributed by atoms with Gasteiger partial charge in [0, 0.05) is 13.1 Å². The van der Waals surface area contributed by atoms with Crippen molar-refractivity contribution in [2.24, 2.45) is 5.73 Å². The molecule has 0 heterocycles. The molecule has 0 aromatic heterocycles. The highest BCUT2D eigenvalue weighted by Crippen LogP contribution is 2.20. The fraction of sp³-hybridized carbons (Fsp3) is 0.429. The molecular formula is C14H20N2O2S. The third-order valence-electron chi connectivity index (χ3n) is 3.04. The SMILES string of the molecule is C#CCN(CC)S(=O)(=O)c1ccc(CC)c(CN)c1. The second-order valence-corrected chi connectivity index (χ2v) is 6.06. The van der Waals surface area contributed by atoms with Crippen LogP contribution < -0.4 is 5.73 Å². The van der Waals surface area contributed by atoms with Crippen molar-refractivity contribution >= 4 is 10.0 Å². The monoisotopic (exact) mass is 280 g/mol. The molecule has 0 unspecified atom stereocenters. The van der Waals surface area contributed by atoms with Crippen LogP contribution in [0.5, 0.6) is 0 Å². The molecule has 0 spiro atoms. The Morgan fingerprint density at radius 1 is 1.32 bits per heavy atom. The van der Waals surface area contributed by atoms with Gasteiger partial charge in [0.25, 0.3) is 0 Å². The highest BCUT2D eigenvalue weighted by molar-refractivity contribution is 7.89. The van der Waals surface area contributed by atoms with Gasteiger partial charge >= 0.3 is 0 Å². The Balaban J connectivity index is 3.26. The van der Waals surface area contributed by atoms with Crippen LogP contribution in [0, 0.1) is 12.3 Å². The molecule has 0 amide bonds. The van der Waals surface area contributed by atoms with Crippen LogP contribution >= 0.6 is 0 Å². The maximum atomic E-state index is 12.4. The smallest absolute Gasteiger partial charge is 0.243 e. The fourth-order valence-corrected chi connectivity index (χ4v) is 3.33. The van der Waals surface area contributed by atoms with Crippen LogP contribution in [0.15, 0.2) is 23.1 Å². The molecule has 1 aromatic carbocycles. The average molecular weight is 280 g/mol. The first-order valence-corrected chi connectivity index (χ1v) is 7.70. The Hall–Kier alpha value is -1.35. The summed E-state index contributed by atoms with van der Waals surface area (Å²) in [5, 5.41) is 0. The molecule has 2 N–H and O–H groups in total. The number of terminal acetylenes is 1. The molecule has 0 radical (unpaired) electrons. The van der Waals surface area contributed by atoms with E-state index >= 15 is 0 Å². The van der Waals surface area contributed by atoms with E-state index in [0.29, 0.717) is 13.1 Å². The largest absolute Gasteiger partial charge is 0.326 e. The van der Waals surface area contributed by atoms with Crippen molar-refractivity contribution in [1.82, 2.24) is 4.31 Å². The van der Waals surface area contributed by atoms with Gasteiger partial charge in [0.2, 0.25) is 10.0 Å². The number of nitrogens with two attached hydrogens (primary N) is 1. The topological polar surface area (TPSA) is 63.4 Å². The molecule has 0 aliphatic heterocycles. The molecule has 0 atom stereocenters. The molecular weight excluding hydrogens is 260 g/mol. The Bertz CT molecular complexity index is 574. The molecule has 19 heavy (non-hydrogen) atoms. The molecule has 4 nitrogen and oxygen atoms in total. The Kier molecular flexibility index (Phi) is 5.55. The van der Waals surface area contributed by atoms with Gasteiger partial charge in [-0.15, -0.1) is 6.42 Å². The predicted octanol–water partition coefficient (Wildman–Crippen LogP) is 1.35. The summed E-state index contributed by atoms with van der Waals surface area (Å²) < 4.78 is 26.1. The molecule has 0 aliphatic carbocycles. The van der Waals surface area contributed by atoms with Gasteiger partial charge in [0.05, 0.1) is 11.4 Å². The van der Waals surface area contributed by atoms with Gasteiger partial charge in [-0.05, 0) is 29.7 Å². The van der Waals surface area contributed by atoms with Gasteiger partial charge in [0.1, 0.15) is 0 Å². The lowest BCUT2D eigenvalue weighted by atomic mass is 10.1. The summed E-state index contributed by atoms with van der Waals surface area (Å²) in [5.41, 5.74) is 7.60. The molecule has 1 aromatic rings. The van der Waals surface area contributed by atoms with E-state index in [2.05, 4.69) is 5.92 Å². The number of benzene rings is 1. The third kappa shape index (κ3) is 3.35. The second-order valence-electron chi connectivity index (χ2n) is 4.12. The maximum Gasteiger partial charge on any atom is 0.243 e. The van der Waals surface area contributed by atoms with Crippen LogP contribution in [0.1, 0.15) is 25.0 Å². The van der Waals surface area contributed by atoms with Gasteiger partial charge in [-0.2, -0.15) is 4.31 Å². The first kappa shape index (κ1) is 15.7. The fourth-order valence-electron chi connectivity index (χ4n) is 1.92. The van der Waals surface area contributed by atoms with E-state index in [1.54, 1.807) is 19.1 Å². The summed E-state index contributed by atoms with van der Waals surface area (Å²) in [5.74, 6) is 2.37. The summed E-state index contributed by atoms with van der Waals surface area (Å²) in [6, 6.07) is 5.08. The number of rotatable bonds is 6. The first-order valence-electron chi connectivity index (χ1n) is 6.26. The van der Waals surface area contributed by atoms with E-state index in [0.717, 1.165) is 17.5 Å². The number of nitrogens with zero attached hydrogens (tertiary/aromatic N) is 1. The van der Waals surface area contributed by atoms with Gasteiger partial charge in [-0.25, -0.2) is 8.42 Å². The highest BCUT2D eigenvalue weighted by Gasteiger charge is 2.22. The van der Waals surface area contributed by atoms with Crippen LogP contribution in [0.4, 0.5) is 0 Å². The van der Waals surface area contributed by atoms with E-state index in [4.69, 9.17) is 12.2 Å². The number of hydrogen-bond donors (Lipinski definition) is 1. The Labute approximate surface area is 115 Å². The van der Waals surface area contributed by atoms with Gasteiger partial charge < -0.3 is 5.73 Å². The maximum absolute atomic E-state index is 12.4. The van der Waals surface area contributed by atoms with Crippen LogP contribution in [-0.2, 0) is 23.0 Å². The normalized spacial score (nSPS) is 11.5. The first-order chi connectivity index (χ1) is 9.01. The van der Waals surface area contributed by atoms with E-state index < -0.39 is 10.0 Å². The zero-order valence-electron chi connectivity index (χ0n) is 11.4. The lowest BCUT2D eigenvalue weighted by Gasteiger charge is -2.19. The standard InChI is InChI=1S/C14H20N2O2S/c1-4-9-16(6-3)19(17,18)14-8-7-12(5-2)13(10-14)11-15/h1,7-8,10H,5-6,9,11,15H2,2-3H3. The minimum absolute atomic E-state index is 0.0757. The average Bonchev–Trinajstić information content (AvgIpc) is 2.43. The third-order valence-corrected chi connectivity index (χ3v) is 4.95. The quantitative estimate of drug-likeness (QED) is 0.800. The van der Waals surface area contributed by atoms with E-state index in [9.17, 15) is 8.42 Å². The van der Waals surface area contributed by atoms with Crippen molar-refractivity contribution in [3.8, 4) is 12.3 Å². The van der Waals surface area contributed by atoms with Crippen molar-refractivity contribution in [3.63, 3.8) is 0 Å². The van der Waals surface area contributed by atoms with E-state index in [1.165, 1.54) is 4.31 Å². The molecule has 5 heteroatoms. The number of aryl methyl sites for hydroxylation is 1. The molecule has 0 bridgehead atoms. The Morgan fingerprint density at radius 3 is 2.47 bits per heavy atom. The van der Waals surface area contributed by atoms with Crippen LogP contribution in [0.3, 0.4) is 0 Å². The zero-order chi connectivity index (χ0) is 14.5. The van der Waals surface area contributed by atoms with Crippen molar-refractivity contribution in [2.45, 2.75) is 31.7 Å². The molecule has 0 saturated heterocycles. The van der Waals surface area contributed by atoms with Gasteiger partial charge in [-0.1, -0.05) is 25.8 Å². The van der Waals surface area contributed by atoms with Crippen molar-refractivity contribution < 1.29 is 8.42 Å². The van der Waals surface area contributed by atoms with Gasteiger partial charge in [-0.3, -0.25) is 0 Å². The highest BCUT2D eigenvalue weighted by atomic mass is 32.2. The van der Waals surface area contributed by atoms with Crippen LogP contribution in [-0.4, -0.2) is 25.8 Å². The van der Waals surface area contributed by atoms with Crippen LogP contribution in [0.2, 0.25) is 0 Å². The lowest BCUT2D eigenvalue weighted by Crippen LogP contribution is -2.31. The molecule has 0 saturated carbocycles.